The van der Waals surface area contributed by atoms with Gasteiger partial charge in [-0.2, -0.15) is 0 Å². The molecule has 11 heavy (non-hydrogen) atoms. The molecule has 2 rings (SSSR count). The summed E-state index contributed by atoms with van der Waals surface area (Å²) in [5, 5.41) is 12.3. The van der Waals surface area contributed by atoms with E-state index in [9.17, 15) is 0 Å². The number of nitrogens with one attached hydrogen (secondary N) is 1. The standard InChI is InChI=1S/C9H11NO/c1-10-9-4-6-2-3-7(11)5-8(6)9/h2-3,5,9-11H,4H2,1H3. The zero-order valence-corrected chi connectivity index (χ0v) is 6.46. The van der Waals surface area contributed by atoms with Gasteiger partial charge in [-0.3, -0.25) is 0 Å². The van der Waals surface area contributed by atoms with Crippen LogP contribution in [0, 0.1) is 0 Å². The van der Waals surface area contributed by atoms with Gasteiger partial charge < -0.3 is 10.4 Å². The molecule has 0 amide bonds. The van der Waals surface area contributed by atoms with Gasteiger partial charge in [0.15, 0.2) is 0 Å². The van der Waals surface area contributed by atoms with Crippen molar-refractivity contribution in [1.29, 1.82) is 0 Å². The van der Waals surface area contributed by atoms with Crippen molar-refractivity contribution in [3.63, 3.8) is 0 Å². The predicted octanol–water partition coefficient (Wildman–Crippen LogP) is 1.21. The normalized spacial score (nSPS) is 20.6. The van der Waals surface area contributed by atoms with Gasteiger partial charge in [0.2, 0.25) is 0 Å². The van der Waals surface area contributed by atoms with Gasteiger partial charge in [-0.05, 0) is 36.7 Å². The van der Waals surface area contributed by atoms with Crippen LogP contribution in [0.5, 0.6) is 5.75 Å². The Balaban J connectivity index is 2.37. The maximum absolute atomic E-state index is 9.16. The third kappa shape index (κ3) is 0.906. The largest absolute Gasteiger partial charge is 0.508 e. The molecule has 2 N–H and O–H groups in total. The zero-order chi connectivity index (χ0) is 7.84. The molecule has 0 fully saturated rings. The van der Waals surface area contributed by atoms with Gasteiger partial charge in [0.1, 0.15) is 5.75 Å². The van der Waals surface area contributed by atoms with E-state index in [1.165, 1.54) is 11.1 Å². The minimum Gasteiger partial charge on any atom is -0.508 e. The smallest absolute Gasteiger partial charge is 0.115 e. The average Bonchev–Trinajstić information content (AvgIpc) is 1.97. The summed E-state index contributed by atoms with van der Waals surface area (Å²) >= 11 is 0. The van der Waals surface area contributed by atoms with Crippen molar-refractivity contribution in [2.24, 2.45) is 0 Å². The second kappa shape index (κ2) is 2.24. The second-order valence-electron chi connectivity index (χ2n) is 2.93. The molecule has 1 atom stereocenters. The van der Waals surface area contributed by atoms with Gasteiger partial charge in [0.25, 0.3) is 0 Å². The molecule has 2 heteroatoms. The molecule has 0 saturated carbocycles. The molecule has 0 aliphatic heterocycles. The summed E-state index contributed by atoms with van der Waals surface area (Å²) in [5.74, 6) is 0.365. The first kappa shape index (κ1) is 6.68. The molecule has 0 spiro atoms. The Hall–Kier alpha value is -1.02. The first-order valence-corrected chi connectivity index (χ1v) is 3.80. The van der Waals surface area contributed by atoms with Crippen LogP contribution < -0.4 is 5.32 Å². The number of phenols is 1. The molecule has 1 aliphatic rings. The predicted molar refractivity (Wildman–Crippen MR) is 43.6 cm³/mol. The van der Waals surface area contributed by atoms with Crippen LogP contribution in [-0.2, 0) is 6.42 Å². The quantitative estimate of drug-likeness (QED) is 0.629. The fourth-order valence-corrected chi connectivity index (χ4v) is 1.55. The van der Waals surface area contributed by atoms with Gasteiger partial charge in [-0.15, -0.1) is 0 Å². The summed E-state index contributed by atoms with van der Waals surface area (Å²) in [4.78, 5) is 0. The maximum Gasteiger partial charge on any atom is 0.115 e. The molecule has 1 aliphatic carbocycles. The van der Waals surface area contributed by atoms with E-state index in [0.717, 1.165) is 6.42 Å². The second-order valence-corrected chi connectivity index (χ2v) is 2.93. The van der Waals surface area contributed by atoms with Crippen LogP contribution in [0.4, 0.5) is 0 Å². The van der Waals surface area contributed by atoms with Crippen LogP contribution in [0.1, 0.15) is 17.2 Å². The highest BCUT2D eigenvalue weighted by Gasteiger charge is 2.24. The van der Waals surface area contributed by atoms with Gasteiger partial charge in [0.05, 0.1) is 0 Å². The van der Waals surface area contributed by atoms with Gasteiger partial charge >= 0.3 is 0 Å². The van der Waals surface area contributed by atoms with Crippen molar-refractivity contribution < 1.29 is 5.11 Å². The van der Waals surface area contributed by atoms with Gasteiger partial charge in [0, 0.05) is 6.04 Å². The molecule has 0 bridgehead atoms. The van der Waals surface area contributed by atoms with Gasteiger partial charge in [-0.25, -0.2) is 0 Å². The highest BCUT2D eigenvalue weighted by Crippen LogP contribution is 2.34. The molecular formula is C9H11NO. The van der Waals surface area contributed by atoms with Crippen LogP contribution in [0.3, 0.4) is 0 Å². The lowest BCUT2D eigenvalue weighted by atomic mass is 9.83. The lowest BCUT2D eigenvalue weighted by molar-refractivity contribution is 0.465. The van der Waals surface area contributed by atoms with E-state index in [1.54, 1.807) is 6.07 Å². The van der Waals surface area contributed by atoms with E-state index in [-0.39, 0.29) is 0 Å². The number of phenolic OH excluding ortho intramolecular Hbond substituents is 1. The Bertz CT molecular complexity index is 283. The molecule has 0 aromatic heterocycles. The van der Waals surface area contributed by atoms with Crippen LogP contribution in [0.25, 0.3) is 0 Å². The molecule has 2 nitrogen and oxygen atoms in total. The molecule has 0 heterocycles. The third-order valence-corrected chi connectivity index (χ3v) is 2.28. The lowest BCUT2D eigenvalue weighted by Gasteiger charge is -2.29. The van der Waals surface area contributed by atoms with Crippen LogP contribution >= 0.6 is 0 Å². The molecule has 1 unspecified atom stereocenters. The highest BCUT2D eigenvalue weighted by molar-refractivity contribution is 5.43. The number of aromatic hydroxyl groups is 1. The van der Waals surface area contributed by atoms with Crippen molar-refractivity contribution in [3.05, 3.63) is 29.3 Å². The van der Waals surface area contributed by atoms with E-state index in [1.807, 2.05) is 19.2 Å². The Kier molecular flexibility index (Phi) is 1.36. The van der Waals surface area contributed by atoms with E-state index in [4.69, 9.17) is 5.11 Å². The van der Waals surface area contributed by atoms with Crippen molar-refractivity contribution in [2.75, 3.05) is 7.05 Å². The minimum atomic E-state index is 0.365. The Morgan fingerprint density at radius 1 is 1.55 bits per heavy atom. The molecule has 0 radical (unpaired) electrons. The summed E-state index contributed by atoms with van der Waals surface area (Å²) in [6, 6.07) is 6.01. The summed E-state index contributed by atoms with van der Waals surface area (Å²) in [6.45, 7) is 0. The van der Waals surface area contributed by atoms with Crippen LogP contribution in [0.2, 0.25) is 0 Å². The van der Waals surface area contributed by atoms with E-state index in [0.29, 0.717) is 11.8 Å². The van der Waals surface area contributed by atoms with Crippen molar-refractivity contribution in [1.82, 2.24) is 5.32 Å². The van der Waals surface area contributed by atoms with Crippen molar-refractivity contribution >= 4 is 0 Å². The Morgan fingerprint density at radius 2 is 2.36 bits per heavy atom. The molecule has 58 valence electrons. The minimum absolute atomic E-state index is 0.365. The van der Waals surface area contributed by atoms with E-state index in [2.05, 4.69) is 5.32 Å². The number of likely N-dealkylation sites (N-methyl/N-ethyl adjacent to an activating group) is 1. The summed E-state index contributed by atoms with van der Waals surface area (Å²) in [5.41, 5.74) is 2.59. The first-order valence-electron chi connectivity index (χ1n) is 3.80. The molecule has 1 aromatic rings. The zero-order valence-electron chi connectivity index (χ0n) is 6.46. The van der Waals surface area contributed by atoms with Crippen molar-refractivity contribution in [2.45, 2.75) is 12.5 Å². The lowest BCUT2D eigenvalue weighted by Crippen LogP contribution is -2.27. The number of hydrogen-bond acceptors (Lipinski definition) is 2. The molecule has 0 saturated heterocycles. The Morgan fingerprint density at radius 3 is 3.09 bits per heavy atom. The monoisotopic (exact) mass is 149 g/mol. The number of rotatable bonds is 1. The SMILES string of the molecule is CNC1Cc2ccc(O)cc21. The number of hydrogen-bond donors (Lipinski definition) is 2. The first-order chi connectivity index (χ1) is 5.31. The topological polar surface area (TPSA) is 32.3 Å². The number of fused-ring (bicyclic) bond motifs is 1. The number of benzene rings is 1. The molecular weight excluding hydrogens is 138 g/mol. The van der Waals surface area contributed by atoms with Gasteiger partial charge in [-0.1, -0.05) is 6.07 Å². The fourth-order valence-electron chi connectivity index (χ4n) is 1.55. The summed E-state index contributed by atoms with van der Waals surface area (Å²) in [6.07, 6.45) is 1.09. The van der Waals surface area contributed by atoms with Crippen molar-refractivity contribution in [3.8, 4) is 5.75 Å². The summed E-state index contributed by atoms with van der Waals surface area (Å²) in [7, 11) is 1.94. The van der Waals surface area contributed by atoms with Crippen LogP contribution in [0.15, 0.2) is 18.2 Å². The maximum atomic E-state index is 9.16. The Labute approximate surface area is 65.9 Å². The average molecular weight is 149 g/mol. The fraction of sp³-hybridized carbons (Fsp3) is 0.333. The van der Waals surface area contributed by atoms with E-state index >= 15 is 0 Å². The highest BCUT2D eigenvalue weighted by atomic mass is 16.3. The molecule has 1 aromatic carbocycles. The van der Waals surface area contributed by atoms with Crippen LogP contribution in [-0.4, -0.2) is 12.2 Å². The van der Waals surface area contributed by atoms with E-state index < -0.39 is 0 Å². The summed E-state index contributed by atoms with van der Waals surface area (Å²) < 4.78 is 0. The third-order valence-electron chi connectivity index (χ3n) is 2.28.